The Hall–Kier alpha value is -2.73. The number of likely N-dealkylation sites (tertiary alicyclic amines) is 1. The van der Waals surface area contributed by atoms with Gasteiger partial charge in [-0.1, -0.05) is 24.3 Å². The van der Waals surface area contributed by atoms with E-state index >= 15 is 0 Å². The Kier molecular flexibility index (Phi) is 5.13. The second-order valence-corrected chi connectivity index (χ2v) is 7.62. The Morgan fingerprint density at radius 2 is 1.96 bits per heavy atom. The Bertz CT molecular complexity index is 989. The number of carbonyl (C=O) groups is 1. The predicted molar refractivity (Wildman–Crippen MR) is 108 cm³/mol. The van der Waals surface area contributed by atoms with Crippen LogP contribution in [0.5, 0.6) is 0 Å². The Morgan fingerprint density at radius 1 is 1.21 bits per heavy atom. The molecule has 3 heterocycles. The van der Waals surface area contributed by atoms with Gasteiger partial charge in [-0.05, 0) is 38.8 Å². The number of para-hydroxylation sites is 1. The third kappa shape index (κ3) is 3.40. The van der Waals surface area contributed by atoms with Gasteiger partial charge in [0.05, 0.1) is 18.2 Å². The molecule has 1 saturated heterocycles. The molecule has 1 fully saturated rings. The molecule has 1 atom stereocenters. The molecule has 1 N–H and O–H groups in total. The topological polar surface area (TPSA) is 71.2 Å². The molecular formula is C22H26N4O2. The van der Waals surface area contributed by atoms with E-state index in [1.54, 1.807) is 0 Å². The van der Waals surface area contributed by atoms with Gasteiger partial charge in [0.15, 0.2) is 0 Å². The highest BCUT2D eigenvalue weighted by Gasteiger charge is 2.29. The average molecular weight is 378 g/mol. The smallest absolute Gasteiger partial charge is 0.272 e. The van der Waals surface area contributed by atoms with E-state index in [1.165, 1.54) is 0 Å². The summed E-state index contributed by atoms with van der Waals surface area (Å²) in [6, 6.07) is 11.6. The first-order chi connectivity index (χ1) is 13.6. The maximum Gasteiger partial charge on any atom is 0.272 e. The fourth-order valence-electron chi connectivity index (χ4n) is 4.11. The van der Waals surface area contributed by atoms with Crippen LogP contribution < -0.4 is 0 Å². The molecule has 1 aromatic carbocycles. The van der Waals surface area contributed by atoms with Crippen molar-refractivity contribution in [3.05, 3.63) is 59.8 Å². The van der Waals surface area contributed by atoms with E-state index in [-0.39, 0.29) is 18.6 Å². The zero-order chi connectivity index (χ0) is 19.7. The normalized spacial score (nSPS) is 16.5. The first-order valence-electron chi connectivity index (χ1n) is 9.88. The number of rotatable bonds is 4. The average Bonchev–Trinajstić information content (AvgIpc) is 3.13. The molecule has 1 amide bonds. The Balaban J connectivity index is 1.47. The van der Waals surface area contributed by atoms with Gasteiger partial charge in [0.2, 0.25) is 0 Å². The second kappa shape index (κ2) is 7.72. The van der Waals surface area contributed by atoms with Crippen LogP contribution in [0.15, 0.2) is 42.6 Å². The van der Waals surface area contributed by atoms with Crippen LogP contribution in [-0.4, -0.2) is 50.1 Å². The number of piperidine rings is 1. The number of imidazole rings is 1. The Morgan fingerprint density at radius 3 is 2.71 bits per heavy atom. The van der Waals surface area contributed by atoms with Crippen molar-refractivity contribution in [1.29, 1.82) is 0 Å². The molecule has 1 aliphatic heterocycles. The molecule has 0 radical (unpaired) electrons. The summed E-state index contributed by atoms with van der Waals surface area (Å²) in [5.74, 6) is 1.32. The third-order valence-corrected chi connectivity index (χ3v) is 5.68. The van der Waals surface area contributed by atoms with Crippen molar-refractivity contribution >= 4 is 16.8 Å². The maximum atomic E-state index is 12.9. The maximum absolute atomic E-state index is 12.9. The molecule has 0 unspecified atom stereocenters. The van der Waals surface area contributed by atoms with E-state index < -0.39 is 0 Å². The fraction of sp³-hybridized carbons (Fsp3) is 0.409. The molecule has 0 bridgehead atoms. The van der Waals surface area contributed by atoms with Crippen LogP contribution in [0.2, 0.25) is 0 Å². The van der Waals surface area contributed by atoms with E-state index in [0.717, 1.165) is 35.3 Å². The van der Waals surface area contributed by atoms with E-state index in [2.05, 4.69) is 14.5 Å². The van der Waals surface area contributed by atoms with Gasteiger partial charge < -0.3 is 14.6 Å². The summed E-state index contributed by atoms with van der Waals surface area (Å²) in [6.45, 7) is 5.50. The minimum Gasteiger partial charge on any atom is -0.394 e. The number of amides is 1. The van der Waals surface area contributed by atoms with Crippen LogP contribution >= 0.6 is 0 Å². The van der Waals surface area contributed by atoms with Crippen LogP contribution in [0.3, 0.4) is 0 Å². The fourth-order valence-corrected chi connectivity index (χ4v) is 4.11. The van der Waals surface area contributed by atoms with Gasteiger partial charge in [0.1, 0.15) is 11.5 Å². The molecule has 6 heteroatoms. The summed E-state index contributed by atoms with van der Waals surface area (Å²) < 4.78 is 2.13. The summed E-state index contributed by atoms with van der Waals surface area (Å²) in [4.78, 5) is 24.0. The largest absolute Gasteiger partial charge is 0.394 e. The number of benzene rings is 1. The van der Waals surface area contributed by atoms with Gasteiger partial charge in [-0.3, -0.25) is 4.79 Å². The highest BCUT2D eigenvalue weighted by atomic mass is 16.3. The first-order valence-corrected chi connectivity index (χ1v) is 9.88. The number of pyridine rings is 1. The molecule has 146 valence electrons. The van der Waals surface area contributed by atoms with Crippen LogP contribution in [0, 0.1) is 6.92 Å². The van der Waals surface area contributed by atoms with Crippen LogP contribution in [-0.2, 0) is 0 Å². The molecule has 4 rings (SSSR count). The molecule has 0 spiro atoms. The molecule has 0 aliphatic carbocycles. The van der Waals surface area contributed by atoms with Crippen molar-refractivity contribution in [2.24, 2.45) is 0 Å². The number of aliphatic hydroxyl groups excluding tert-OH is 1. The van der Waals surface area contributed by atoms with Gasteiger partial charge in [-0.15, -0.1) is 0 Å². The molecular weight excluding hydrogens is 352 g/mol. The van der Waals surface area contributed by atoms with Crippen molar-refractivity contribution < 1.29 is 9.90 Å². The standard InChI is InChI=1S/C22H26N4O2/c1-15-13-23-21(26(15)16(2)14-27)18-9-11-25(12-10-18)22(28)20-8-7-17-5-3-4-6-19(17)24-20/h3-8,13,16,18,27H,9-12,14H2,1-2H3/t16-/m1/s1. The molecule has 28 heavy (non-hydrogen) atoms. The first kappa shape index (κ1) is 18.6. The quantitative estimate of drug-likeness (QED) is 0.756. The number of carbonyl (C=O) groups excluding carboxylic acids is 1. The molecule has 0 saturated carbocycles. The lowest BCUT2D eigenvalue weighted by Crippen LogP contribution is -2.39. The summed E-state index contributed by atoms with van der Waals surface area (Å²) in [6.07, 6.45) is 3.61. The molecule has 3 aromatic rings. The van der Waals surface area contributed by atoms with Crippen molar-refractivity contribution in [2.45, 2.75) is 38.6 Å². The monoisotopic (exact) mass is 378 g/mol. The predicted octanol–water partition coefficient (Wildman–Crippen LogP) is 3.31. The summed E-state index contributed by atoms with van der Waals surface area (Å²) in [7, 11) is 0. The van der Waals surface area contributed by atoms with Crippen LogP contribution in [0.25, 0.3) is 10.9 Å². The van der Waals surface area contributed by atoms with Crippen molar-refractivity contribution in [3.8, 4) is 0 Å². The molecule has 1 aliphatic rings. The number of hydrogen-bond acceptors (Lipinski definition) is 4. The lowest BCUT2D eigenvalue weighted by Gasteiger charge is -2.32. The minimum atomic E-state index is -0.00699. The number of hydrogen-bond donors (Lipinski definition) is 1. The second-order valence-electron chi connectivity index (χ2n) is 7.62. The zero-order valence-electron chi connectivity index (χ0n) is 16.4. The van der Waals surface area contributed by atoms with E-state index in [9.17, 15) is 9.90 Å². The van der Waals surface area contributed by atoms with Crippen molar-refractivity contribution in [2.75, 3.05) is 19.7 Å². The van der Waals surface area contributed by atoms with Gasteiger partial charge in [0, 0.05) is 36.3 Å². The number of aromatic nitrogens is 3. The highest BCUT2D eigenvalue weighted by molar-refractivity contribution is 5.95. The molecule has 2 aromatic heterocycles. The number of aliphatic hydroxyl groups is 1. The lowest BCUT2D eigenvalue weighted by atomic mass is 9.95. The van der Waals surface area contributed by atoms with Crippen LogP contribution in [0.4, 0.5) is 0 Å². The van der Waals surface area contributed by atoms with Crippen LogP contribution in [0.1, 0.15) is 53.7 Å². The van der Waals surface area contributed by atoms with Gasteiger partial charge in [-0.2, -0.15) is 0 Å². The minimum absolute atomic E-state index is 0.00699. The van der Waals surface area contributed by atoms with Gasteiger partial charge in [0.25, 0.3) is 5.91 Å². The van der Waals surface area contributed by atoms with E-state index in [4.69, 9.17) is 0 Å². The van der Waals surface area contributed by atoms with Crippen molar-refractivity contribution in [1.82, 2.24) is 19.4 Å². The Labute approximate surface area is 164 Å². The van der Waals surface area contributed by atoms with Gasteiger partial charge >= 0.3 is 0 Å². The van der Waals surface area contributed by atoms with E-state index in [0.29, 0.717) is 24.7 Å². The number of aryl methyl sites for hydroxylation is 1. The van der Waals surface area contributed by atoms with Gasteiger partial charge in [-0.25, -0.2) is 9.97 Å². The van der Waals surface area contributed by atoms with Crippen molar-refractivity contribution in [3.63, 3.8) is 0 Å². The third-order valence-electron chi connectivity index (χ3n) is 5.68. The SMILES string of the molecule is Cc1cnc(C2CCN(C(=O)c3ccc4ccccc4n3)CC2)n1[C@H](C)CO. The summed E-state index contributed by atoms with van der Waals surface area (Å²) >= 11 is 0. The number of nitrogens with zero attached hydrogens (tertiary/aromatic N) is 4. The van der Waals surface area contributed by atoms with E-state index in [1.807, 2.05) is 61.3 Å². The lowest BCUT2D eigenvalue weighted by molar-refractivity contribution is 0.0704. The highest BCUT2D eigenvalue weighted by Crippen LogP contribution is 2.30. The summed E-state index contributed by atoms with van der Waals surface area (Å²) in [5.41, 5.74) is 2.41. The summed E-state index contributed by atoms with van der Waals surface area (Å²) in [5, 5.41) is 10.6. The molecule has 6 nitrogen and oxygen atoms in total. The zero-order valence-corrected chi connectivity index (χ0v) is 16.4. The number of fused-ring (bicyclic) bond motifs is 1.